The van der Waals surface area contributed by atoms with Crippen molar-refractivity contribution >= 4 is 16.7 Å². The molecule has 0 spiro atoms. The Bertz CT molecular complexity index is 468. The van der Waals surface area contributed by atoms with Gasteiger partial charge >= 0.3 is 0 Å². The van der Waals surface area contributed by atoms with Gasteiger partial charge in [0.15, 0.2) is 0 Å². The summed E-state index contributed by atoms with van der Waals surface area (Å²) in [5.41, 5.74) is 4.74. The van der Waals surface area contributed by atoms with Crippen LogP contribution in [-0.2, 0) is 0 Å². The standard InChI is InChI=1S/C12H15NO/c1-8-7-9(2)12-10(5-6-14-12)11(8)13(3)4/h5-7H,1-4H3. The molecule has 0 atom stereocenters. The summed E-state index contributed by atoms with van der Waals surface area (Å²) in [4.78, 5) is 2.13. The van der Waals surface area contributed by atoms with E-state index < -0.39 is 0 Å². The molecule has 1 heterocycles. The van der Waals surface area contributed by atoms with Gasteiger partial charge in [0.2, 0.25) is 0 Å². The molecule has 14 heavy (non-hydrogen) atoms. The minimum atomic E-state index is 0.999. The van der Waals surface area contributed by atoms with Crippen molar-refractivity contribution in [2.75, 3.05) is 19.0 Å². The van der Waals surface area contributed by atoms with Crippen molar-refractivity contribution in [3.05, 3.63) is 29.5 Å². The summed E-state index contributed by atoms with van der Waals surface area (Å²) in [5.74, 6) is 0. The van der Waals surface area contributed by atoms with Crippen LogP contribution in [0.2, 0.25) is 0 Å². The lowest BCUT2D eigenvalue weighted by atomic mass is 10.1. The molecule has 2 nitrogen and oxygen atoms in total. The molecular weight excluding hydrogens is 174 g/mol. The maximum atomic E-state index is 5.47. The number of aryl methyl sites for hydroxylation is 2. The van der Waals surface area contributed by atoms with Crippen LogP contribution >= 0.6 is 0 Å². The minimum absolute atomic E-state index is 0.999. The van der Waals surface area contributed by atoms with E-state index in [4.69, 9.17) is 4.42 Å². The van der Waals surface area contributed by atoms with Gasteiger partial charge in [-0.1, -0.05) is 6.07 Å². The molecule has 0 aliphatic carbocycles. The van der Waals surface area contributed by atoms with Crippen LogP contribution in [-0.4, -0.2) is 14.1 Å². The molecule has 0 unspecified atom stereocenters. The molecular formula is C12H15NO. The Labute approximate surface area is 84.1 Å². The smallest absolute Gasteiger partial charge is 0.138 e. The first-order valence-electron chi connectivity index (χ1n) is 4.76. The van der Waals surface area contributed by atoms with E-state index >= 15 is 0 Å². The second kappa shape index (κ2) is 3.05. The monoisotopic (exact) mass is 189 g/mol. The first-order chi connectivity index (χ1) is 6.61. The van der Waals surface area contributed by atoms with Crippen molar-refractivity contribution in [1.82, 2.24) is 0 Å². The predicted octanol–water partition coefficient (Wildman–Crippen LogP) is 3.12. The van der Waals surface area contributed by atoms with E-state index in [0.29, 0.717) is 0 Å². The normalized spacial score (nSPS) is 10.9. The quantitative estimate of drug-likeness (QED) is 0.685. The van der Waals surface area contributed by atoms with Crippen LogP contribution in [0.15, 0.2) is 22.8 Å². The second-order valence-electron chi connectivity index (χ2n) is 3.92. The SMILES string of the molecule is Cc1cc(C)c2occc2c1N(C)C. The molecule has 0 amide bonds. The summed E-state index contributed by atoms with van der Waals surface area (Å²) >= 11 is 0. The number of hydrogen-bond acceptors (Lipinski definition) is 2. The van der Waals surface area contributed by atoms with E-state index in [2.05, 4.69) is 38.9 Å². The first-order valence-corrected chi connectivity index (χ1v) is 4.76. The van der Waals surface area contributed by atoms with Crippen LogP contribution in [0.25, 0.3) is 11.0 Å². The molecule has 0 bridgehead atoms. The van der Waals surface area contributed by atoms with Crippen LogP contribution in [0.3, 0.4) is 0 Å². The van der Waals surface area contributed by atoms with Gasteiger partial charge in [0.1, 0.15) is 5.58 Å². The van der Waals surface area contributed by atoms with E-state index in [0.717, 1.165) is 5.58 Å². The van der Waals surface area contributed by atoms with E-state index in [1.165, 1.54) is 22.2 Å². The Balaban J connectivity index is 2.86. The Hall–Kier alpha value is -1.44. The van der Waals surface area contributed by atoms with Gasteiger partial charge in [-0.15, -0.1) is 0 Å². The zero-order chi connectivity index (χ0) is 10.3. The molecule has 2 rings (SSSR count). The number of benzene rings is 1. The highest BCUT2D eigenvalue weighted by molar-refractivity contribution is 5.94. The molecule has 74 valence electrons. The Morgan fingerprint density at radius 1 is 1.14 bits per heavy atom. The Kier molecular flexibility index (Phi) is 1.99. The third kappa shape index (κ3) is 1.18. The lowest BCUT2D eigenvalue weighted by molar-refractivity contribution is 0.613. The number of rotatable bonds is 1. The van der Waals surface area contributed by atoms with E-state index in [9.17, 15) is 0 Å². The summed E-state index contributed by atoms with van der Waals surface area (Å²) in [5, 5.41) is 1.20. The topological polar surface area (TPSA) is 16.4 Å². The van der Waals surface area contributed by atoms with Gasteiger partial charge in [-0.25, -0.2) is 0 Å². The van der Waals surface area contributed by atoms with Crippen LogP contribution in [0.1, 0.15) is 11.1 Å². The minimum Gasteiger partial charge on any atom is -0.464 e. The molecule has 0 saturated carbocycles. The van der Waals surface area contributed by atoms with Gasteiger partial charge in [-0.2, -0.15) is 0 Å². The first kappa shape index (κ1) is 9.13. The maximum absolute atomic E-state index is 5.47. The van der Waals surface area contributed by atoms with E-state index in [1.54, 1.807) is 6.26 Å². The van der Waals surface area contributed by atoms with Gasteiger partial charge in [-0.3, -0.25) is 0 Å². The van der Waals surface area contributed by atoms with Gasteiger partial charge in [0, 0.05) is 19.5 Å². The summed E-state index contributed by atoms with van der Waals surface area (Å²) < 4.78 is 5.47. The summed E-state index contributed by atoms with van der Waals surface area (Å²) in [6.45, 7) is 4.22. The predicted molar refractivity (Wildman–Crippen MR) is 60.0 cm³/mol. The summed E-state index contributed by atoms with van der Waals surface area (Å²) in [6.07, 6.45) is 1.75. The van der Waals surface area contributed by atoms with Crippen molar-refractivity contribution in [3.63, 3.8) is 0 Å². The second-order valence-corrected chi connectivity index (χ2v) is 3.92. The largest absolute Gasteiger partial charge is 0.464 e. The zero-order valence-corrected chi connectivity index (χ0v) is 9.09. The third-order valence-corrected chi connectivity index (χ3v) is 2.53. The fourth-order valence-corrected chi connectivity index (χ4v) is 2.07. The van der Waals surface area contributed by atoms with Crippen molar-refractivity contribution in [3.8, 4) is 0 Å². The highest BCUT2D eigenvalue weighted by Gasteiger charge is 2.10. The lowest BCUT2D eigenvalue weighted by Crippen LogP contribution is -2.10. The highest BCUT2D eigenvalue weighted by Crippen LogP contribution is 2.32. The molecule has 0 fully saturated rings. The molecule has 2 aromatic rings. The molecule has 0 aliphatic heterocycles. The molecule has 2 heteroatoms. The van der Waals surface area contributed by atoms with Gasteiger partial charge in [0.25, 0.3) is 0 Å². The number of furan rings is 1. The third-order valence-electron chi connectivity index (χ3n) is 2.53. The molecule has 0 saturated heterocycles. The Morgan fingerprint density at radius 2 is 1.86 bits per heavy atom. The average molecular weight is 189 g/mol. The lowest BCUT2D eigenvalue weighted by Gasteiger charge is -2.17. The molecule has 0 radical (unpaired) electrons. The number of fused-ring (bicyclic) bond motifs is 1. The highest BCUT2D eigenvalue weighted by atomic mass is 16.3. The molecule has 0 aliphatic rings. The fraction of sp³-hybridized carbons (Fsp3) is 0.333. The van der Waals surface area contributed by atoms with Crippen molar-refractivity contribution in [2.24, 2.45) is 0 Å². The molecule has 1 aromatic heterocycles. The van der Waals surface area contributed by atoms with Crippen LogP contribution in [0, 0.1) is 13.8 Å². The number of anilines is 1. The molecule has 0 N–H and O–H groups in total. The summed E-state index contributed by atoms with van der Waals surface area (Å²) in [7, 11) is 4.12. The number of hydrogen-bond donors (Lipinski definition) is 0. The zero-order valence-electron chi connectivity index (χ0n) is 9.09. The van der Waals surface area contributed by atoms with Crippen molar-refractivity contribution in [1.29, 1.82) is 0 Å². The molecule has 1 aromatic carbocycles. The van der Waals surface area contributed by atoms with Crippen molar-refractivity contribution < 1.29 is 4.42 Å². The van der Waals surface area contributed by atoms with E-state index in [-0.39, 0.29) is 0 Å². The maximum Gasteiger partial charge on any atom is 0.138 e. The van der Waals surface area contributed by atoms with Gasteiger partial charge < -0.3 is 9.32 Å². The summed E-state index contributed by atoms with van der Waals surface area (Å²) in [6, 6.07) is 4.20. The fourth-order valence-electron chi connectivity index (χ4n) is 2.07. The van der Waals surface area contributed by atoms with Crippen molar-refractivity contribution in [2.45, 2.75) is 13.8 Å². The van der Waals surface area contributed by atoms with Gasteiger partial charge in [-0.05, 0) is 31.0 Å². The van der Waals surface area contributed by atoms with Crippen LogP contribution in [0.4, 0.5) is 5.69 Å². The van der Waals surface area contributed by atoms with E-state index in [1.807, 2.05) is 6.07 Å². The van der Waals surface area contributed by atoms with Crippen LogP contribution < -0.4 is 4.90 Å². The Morgan fingerprint density at radius 3 is 2.50 bits per heavy atom. The average Bonchev–Trinajstić information content (AvgIpc) is 2.51. The van der Waals surface area contributed by atoms with Crippen LogP contribution in [0.5, 0.6) is 0 Å². The van der Waals surface area contributed by atoms with Gasteiger partial charge in [0.05, 0.1) is 12.0 Å². The number of nitrogens with zero attached hydrogens (tertiary/aromatic N) is 1.